The molecule has 2 N–H and O–H groups in total. The average molecular weight is 421 g/mol. The molecule has 2 atom stereocenters. The fraction of sp³-hybridized carbons (Fsp3) is 0.360. The lowest BCUT2D eigenvalue weighted by Gasteiger charge is -2.25. The number of phenolic OH excluding ortho intramolecular Hbond substituents is 1. The first-order valence-corrected chi connectivity index (χ1v) is 10.8. The van der Waals surface area contributed by atoms with E-state index in [1.165, 1.54) is 17.0 Å². The topological polar surface area (TPSA) is 87.1 Å². The van der Waals surface area contributed by atoms with Crippen molar-refractivity contribution in [3.05, 3.63) is 64.7 Å². The van der Waals surface area contributed by atoms with Gasteiger partial charge in [0.25, 0.3) is 11.7 Å². The minimum atomic E-state index is -0.694. The maximum absolute atomic E-state index is 13.0. The van der Waals surface area contributed by atoms with Crippen LogP contribution in [0.15, 0.2) is 48.0 Å². The molecule has 1 fully saturated rings. The smallest absolute Gasteiger partial charge is 0.295 e. The van der Waals surface area contributed by atoms with Gasteiger partial charge in [-0.3, -0.25) is 9.59 Å². The first-order chi connectivity index (χ1) is 14.9. The van der Waals surface area contributed by atoms with E-state index in [1.54, 1.807) is 24.3 Å². The molecule has 6 nitrogen and oxygen atoms in total. The SMILES string of the molecule is CCCCCN1C(=O)C(=O)/C(=C(\O)c2ccc3c(c2)CC(C)O3)C1c1ccc(O)cc1. The third-order valence-electron chi connectivity index (χ3n) is 5.92. The highest BCUT2D eigenvalue weighted by Crippen LogP contribution is 2.41. The normalized spacial score (nSPS) is 21.9. The van der Waals surface area contributed by atoms with E-state index in [4.69, 9.17) is 4.74 Å². The lowest BCUT2D eigenvalue weighted by Crippen LogP contribution is -2.30. The van der Waals surface area contributed by atoms with Crippen molar-refractivity contribution < 1.29 is 24.5 Å². The zero-order valence-electron chi connectivity index (χ0n) is 17.8. The van der Waals surface area contributed by atoms with Crippen molar-refractivity contribution in [2.24, 2.45) is 0 Å². The van der Waals surface area contributed by atoms with Gasteiger partial charge in [-0.05, 0) is 54.8 Å². The molecule has 2 aromatic rings. The molecule has 2 aromatic carbocycles. The summed E-state index contributed by atoms with van der Waals surface area (Å²) in [7, 11) is 0. The molecule has 0 spiro atoms. The summed E-state index contributed by atoms with van der Waals surface area (Å²) in [5, 5.41) is 20.9. The molecule has 1 saturated heterocycles. The Hall–Kier alpha value is -3.28. The number of rotatable bonds is 6. The average Bonchev–Trinajstić information content (AvgIpc) is 3.25. The Morgan fingerprint density at radius 2 is 1.87 bits per heavy atom. The highest BCUT2D eigenvalue weighted by molar-refractivity contribution is 6.46. The summed E-state index contributed by atoms with van der Waals surface area (Å²) in [5.74, 6) is -0.596. The molecule has 31 heavy (non-hydrogen) atoms. The summed E-state index contributed by atoms with van der Waals surface area (Å²) in [6, 6.07) is 11.1. The van der Waals surface area contributed by atoms with Crippen LogP contribution in [0.2, 0.25) is 0 Å². The molecule has 2 aliphatic heterocycles. The van der Waals surface area contributed by atoms with Crippen molar-refractivity contribution in [2.45, 2.75) is 51.7 Å². The van der Waals surface area contributed by atoms with Crippen molar-refractivity contribution in [1.82, 2.24) is 4.90 Å². The maximum atomic E-state index is 13.0. The highest BCUT2D eigenvalue weighted by Gasteiger charge is 2.45. The lowest BCUT2D eigenvalue weighted by atomic mass is 9.94. The number of phenols is 1. The van der Waals surface area contributed by atoms with E-state index in [1.807, 2.05) is 13.0 Å². The number of nitrogens with zero attached hydrogens (tertiary/aromatic N) is 1. The molecular weight excluding hydrogens is 394 g/mol. The predicted molar refractivity (Wildman–Crippen MR) is 117 cm³/mol. The Labute approximate surface area is 181 Å². The summed E-state index contributed by atoms with van der Waals surface area (Å²) in [6.45, 7) is 4.48. The first kappa shape index (κ1) is 21.0. The number of ether oxygens (including phenoxy) is 1. The molecule has 2 aliphatic rings. The van der Waals surface area contributed by atoms with Gasteiger partial charge in [0, 0.05) is 18.5 Å². The molecular formula is C25H27NO5. The van der Waals surface area contributed by atoms with E-state index >= 15 is 0 Å². The number of likely N-dealkylation sites (tertiary alicyclic amines) is 1. The number of aliphatic hydroxyl groups is 1. The number of amides is 1. The van der Waals surface area contributed by atoms with E-state index in [-0.39, 0.29) is 23.2 Å². The molecule has 2 unspecified atom stereocenters. The number of fused-ring (bicyclic) bond motifs is 1. The van der Waals surface area contributed by atoms with Gasteiger partial charge in [-0.25, -0.2) is 0 Å². The highest BCUT2D eigenvalue weighted by atomic mass is 16.5. The van der Waals surface area contributed by atoms with Crippen LogP contribution < -0.4 is 4.74 Å². The Balaban J connectivity index is 1.79. The minimum absolute atomic E-state index is 0.0635. The summed E-state index contributed by atoms with van der Waals surface area (Å²) in [6.07, 6.45) is 3.49. The monoisotopic (exact) mass is 421 g/mol. The zero-order valence-corrected chi connectivity index (χ0v) is 17.8. The fourth-order valence-electron chi connectivity index (χ4n) is 4.37. The number of ketones is 1. The van der Waals surface area contributed by atoms with E-state index in [2.05, 4.69) is 6.92 Å². The van der Waals surface area contributed by atoms with Crippen LogP contribution in [-0.4, -0.2) is 39.5 Å². The Kier molecular flexibility index (Phi) is 5.72. The first-order valence-electron chi connectivity index (χ1n) is 10.8. The van der Waals surface area contributed by atoms with Crippen LogP contribution in [-0.2, 0) is 16.0 Å². The van der Waals surface area contributed by atoms with Gasteiger partial charge in [0.15, 0.2) is 0 Å². The van der Waals surface area contributed by atoms with Crippen LogP contribution in [0.5, 0.6) is 11.5 Å². The standard InChI is InChI=1S/C25H27NO5/c1-3-4-5-12-26-22(16-6-9-19(27)10-7-16)21(24(29)25(26)30)23(28)17-8-11-20-18(14-17)13-15(2)31-20/h6-11,14-15,22,27-28H,3-5,12-13H2,1-2H3/b23-21-. The Morgan fingerprint density at radius 1 is 1.13 bits per heavy atom. The molecule has 0 aliphatic carbocycles. The molecule has 0 bridgehead atoms. The van der Waals surface area contributed by atoms with Gasteiger partial charge in [-0.2, -0.15) is 0 Å². The van der Waals surface area contributed by atoms with E-state index in [9.17, 15) is 19.8 Å². The molecule has 4 rings (SSSR count). The van der Waals surface area contributed by atoms with E-state index in [0.717, 1.165) is 37.0 Å². The zero-order chi connectivity index (χ0) is 22.1. The third kappa shape index (κ3) is 3.90. The molecule has 0 aromatic heterocycles. The molecule has 2 heterocycles. The maximum Gasteiger partial charge on any atom is 0.295 e. The largest absolute Gasteiger partial charge is 0.508 e. The summed E-state index contributed by atoms with van der Waals surface area (Å²) in [4.78, 5) is 27.4. The second-order valence-electron chi connectivity index (χ2n) is 8.25. The molecule has 0 radical (unpaired) electrons. The number of hydrogen-bond acceptors (Lipinski definition) is 5. The minimum Gasteiger partial charge on any atom is -0.508 e. The Morgan fingerprint density at radius 3 is 2.58 bits per heavy atom. The number of benzene rings is 2. The van der Waals surface area contributed by atoms with Crippen molar-refractivity contribution in [3.8, 4) is 11.5 Å². The predicted octanol–water partition coefficient (Wildman–Crippen LogP) is 4.33. The van der Waals surface area contributed by atoms with Crippen molar-refractivity contribution >= 4 is 17.4 Å². The van der Waals surface area contributed by atoms with Crippen LogP contribution in [0, 0.1) is 0 Å². The van der Waals surface area contributed by atoms with Crippen LogP contribution in [0.1, 0.15) is 55.8 Å². The van der Waals surface area contributed by atoms with Gasteiger partial charge in [-0.1, -0.05) is 31.9 Å². The molecule has 1 amide bonds. The number of Topliss-reactive ketones (excluding diaryl/α,β-unsaturated/α-hetero) is 1. The number of carbonyl (C=O) groups excluding carboxylic acids is 2. The van der Waals surface area contributed by atoms with E-state index < -0.39 is 17.7 Å². The number of aromatic hydroxyl groups is 1. The summed E-state index contributed by atoms with van der Waals surface area (Å²) >= 11 is 0. The van der Waals surface area contributed by atoms with Crippen molar-refractivity contribution in [2.75, 3.05) is 6.54 Å². The van der Waals surface area contributed by atoms with Crippen LogP contribution in [0.4, 0.5) is 0 Å². The lowest BCUT2D eigenvalue weighted by molar-refractivity contribution is -0.139. The summed E-state index contributed by atoms with van der Waals surface area (Å²) < 4.78 is 5.73. The second-order valence-corrected chi connectivity index (χ2v) is 8.25. The van der Waals surface area contributed by atoms with Gasteiger partial charge in [0.05, 0.1) is 11.6 Å². The molecule has 162 valence electrons. The number of unbranched alkanes of at least 4 members (excludes halogenated alkanes) is 2. The van der Waals surface area contributed by atoms with Gasteiger partial charge in [0.2, 0.25) is 0 Å². The summed E-state index contributed by atoms with van der Waals surface area (Å²) in [5.41, 5.74) is 2.22. The van der Waals surface area contributed by atoms with E-state index in [0.29, 0.717) is 17.7 Å². The van der Waals surface area contributed by atoms with Gasteiger partial charge >= 0.3 is 0 Å². The number of carbonyl (C=O) groups is 2. The second kappa shape index (κ2) is 8.46. The third-order valence-corrected chi connectivity index (χ3v) is 5.92. The van der Waals surface area contributed by atoms with Crippen LogP contribution >= 0.6 is 0 Å². The van der Waals surface area contributed by atoms with Crippen LogP contribution in [0.3, 0.4) is 0 Å². The van der Waals surface area contributed by atoms with Crippen LogP contribution in [0.25, 0.3) is 5.76 Å². The van der Waals surface area contributed by atoms with Gasteiger partial charge < -0.3 is 19.8 Å². The fourth-order valence-corrected chi connectivity index (χ4v) is 4.37. The quantitative estimate of drug-likeness (QED) is 0.314. The van der Waals surface area contributed by atoms with Crippen molar-refractivity contribution in [1.29, 1.82) is 0 Å². The number of hydrogen-bond donors (Lipinski definition) is 2. The number of aliphatic hydroxyl groups excluding tert-OH is 1. The molecule has 0 saturated carbocycles. The van der Waals surface area contributed by atoms with Gasteiger partial charge in [-0.15, -0.1) is 0 Å². The van der Waals surface area contributed by atoms with Gasteiger partial charge in [0.1, 0.15) is 23.4 Å². The Bertz CT molecular complexity index is 1040. The molecule has 6 heteroatoms. The van der Waals surface area contributed by atoms with Crippen molar-refractivity contribution in [3.63, 3.8) is 0 Å².